The fourth-order valence-corrected chi connectivity index (χ4v) is 2.74. The van der Waals surface area contributed by atoms with E-state index in [2.05, 4.69) is 27.1 Å². The van der Waals surface area contributed by atoms with Crippen LogP contribution in [0.1, 0.15) is 12.8 Å². The van der Waals surface area contributed by atoms with E-state index < -0.39 is 10.0 Å². The minimum absolute atomic E-state index is 0.386. The highest BCUT2D eigenvalue weighted by Gasteiger charge is 2.10. The van der Waals surface area contributed by atoms with E-state index in [-0.39, 0.29) is 0 Å². The molecular formula is C16H23N3O2S. The van der Waals surface area contributed by atoms with E-state index in [9.17, 15) is 8.42 Å². The summed E-state index contributed by atoms with van der Waals surface area (Å²) in [5.74, 6) is 0. The second-order valence-electron chi connectivity index (χ2n) is 5.28. The van der Waals surface area contributed by atoms with Crippen LogP contribution in [0.2, 0.25) is 0 Å². The zero-order valence-electron chi connectivity index (χ0n) is 12.8. The largest absolute Gasteiger partial charge is 0.364 e. The van der Waals surface area contributed by atoms with Crippen molar-refractivity contribution in [1.29, 1.82) is 0 Å². The zero-order chi connectivity index (χ0) is 15.8. The van der Waals surface area contributed by atoms with Crippen molar-refractivity contribution in [2.24, 2.45) is 0 Å². The van der Waals surface area contributed by atoms with Gasteiger partial charge in [0.15, 0.2) is 0 Å². The summed E-state index contributed by atoms with van der Waals surface area (Å²) in [5, 5.41) is 3.29. The summed E-state index contributed by atoms with van der Waals surface area (Å²) < 4.78 is 25.0. The average Bonchev–Trinajstić information content (AvgIpc) is 2.74. The van der Waals surface area contributed by atoms with E-state index in [1.807, 2.05) is 36.5 Å². The van der Waals surface area contributed by atoms with Gasteiger partial charge in [-0.15, -0.1) is 0 Å². The first-order valence-corrected chi connectivity index (χ1v) is 9.29. The molecule has 0 atom stereocenters. The van der Waals surface area contributed by atoms with Crippen molar-refractivity contribution in [3.8, 4) is 0 Å². The van der Waals surface area contributed by atoms with Crippen molar-refractivity contribution >= 4 is 15.7 Å². The maximum absolute atomic E-state index is 11.2. The van der Waals surface area contributed by atoms with Crippen LogP contribution in [-0.4, -0.2) is 34.3 Å². The van der Waals surface area contributed by atoms with Crippen LogP contribution in [0.5, 0.6) is 0 Å². The molecule has 1 aliphatic rings. The molecule has 0 unspecified atom stereocenters. The molecule has 22 heavy (non-hydrogen) atoms. The lowest BCUT2D eigenvalue weighted by molar-refractivity contribution is 0.587. The summed E-state index contributed by atoms with van der Waals surface area (Å²) >= 11 is 0. The predicted molar refractivity (Wildman–Crippen MR) is 91.1 cm³/mol. The van der Waals surface area contributed by atoms with Gasteiger partial charge in [-0.3, -0.25) is 0 Å². The Balaban J connectivity index is 2.04. The van der Waals surface area contributed by atoms with Gasteiger partial charge in [0.1, 0.15) is 0 Å². The number of sulfonamides is 1. The first-order chi connectivity index (χ1) is 10.5. The van der Waals surface area contributed by atoms with Gasteiger partial charge >= 0.3 is 0 Å². The molecule has 0 fully saturated rings. The highest BCUT2D eigenvalue weighted by Crippen LogP contribution is 2.15. The van der Waals surface area contributed by atoms with Crippen LogP contribution >= 0.6 is 0 Å². The lowest BCUT2D eigenvalue weighted by Gasteiger charge is -2.26. The van der Waals surface area contributed by atoms with Gasteiger partial charge in [-0.1, -0.05) is 30.4 Å². The molecule has 5 nitrogen and oxygen atoms in total. The van der Waals surface area contributed by atoms with Gasteiger partial charge in [0.2, 0.25) is 10.0 Å². The first-order valence-electron chi connectivity index (χ1n) is 7.40. The van der Waals surface area contributed by atoms with Gasteiger partial charge < -0.3 is 10.2 Å². The Bertz CT molecular complexity index is 624. The summed E-state index contributed by atoms with van der Waals surface area (Å²) in [7, 11) is -3.16. The smallest absolute Gasteiger partial charge is 0.208 e. The Morgan fingerprint density at radius 2 is 2.00 bits per heavy atom. The molecule has 1 aromatic rings. The summed E-state index contributed by atoms with van der Waals surface area (Å²) in [6.45, 7) is 1.72. The standard InChI is InChI=1S/C16H23N3O2S/c1-22(20,21)18-12-13-19(16-9-5-2-6-10-16)14-15-8-4-3-7-11-17-15/h2,5-11,17-18H,3-4,12-14H2,1H3. The number of benzene rings is 1. The number of para-hydroxylation sites is 1. The number of hydrogen-bond donors (Lipinski definition) is 2. The van der Waals surface area contributed by atoms with Crippen LogP contribution in [0.25, 0.3) is 0 Å². The Morgan fingerprint density at radius 1 is 1.23 bits per heavy atom. The molecule has 0 saturated heterocycles. The van der Waals surface area contributed by atoms with E-state index in [1.165, 1.54) is 6.26 Å². The van der Waals surface area contributed by atoms with Crippen LogP contribution < -0.4 is 14.9 Å². The fraction of sp³-hybridized carbons (Fsp3) is 0.375. The number of anilines is 1. The van der Waals surface area contributed by atoms with Crippen LogP contribution in [-0.2, 0) is 10.0 Å². The van der Waals surface area contributed by atoms with Gasteiger partial charge in [0.05, 0.1) is 12.8 Å². The molecule has 1 aliphatic heterocycles. The van der Waals surface area contributed by atoms with E-state index in [1.54, 1.807) is 0 Å². The summed E-state index contributed by atoms with van der Waals surface area (Å²) in [6, 6.07) is 10.0. The molecule has 0 spiro atoms. The monoisotopic (exact) mass is 321 g/mol. The minimum Gasteiger partial charge on any atom is -0.364 e. The molecule has 0 amide bonds. The van der Waals surface area contributed by atoms with Gasteiger partial charge in [-0.25, -0.2) is 13.1 Å². The third-order valence-electron chi connectivity index (χ3n) is 3.34. The van der Waals surface area contributed by atoms with E-state index in [0.717, 1.165) is 30.8 Å². The normalized spacial score (nSPS) is 14.9. The van der Waals surface area contributed by atoms with E-state index >= 15 is 0 Å². The van der Waals surface area contributed by atoms with Crippen LogP contribution in [0.4, 0.5) is 5.69 Å². The highest BCUT2D eigenvalue weighted by molar-refractivity contribution is 7.88. The lowest BCUT2D eigenvalue weighted by Crippen LogP contribution is -2.36. The van der Waals surface area contributed by atoms with Crippen molar-refractivity contribution in [2.45, 2.75) is 12.8 Å². The molecule has 0 saturated carbocycles. The molecule has 0 aliphatic carbocycles. The van der Waals surface area contributed by atoms with Crippen LogP contribution in [0.3, 0.4) is 0 Å². The van der Waals surface area contributed by atoms with Crippen LogP contribution in [0, 0.1) is 0 Å². The summed E-state index contributed by atoms with van der Waals surface area (Å²) in [5.41, 5.74) is 2.21. The summed E-state index contributed by atoms with van der Waals surface area (Å²) in [6.07, 6.45) is 9.51. The third-order valence-corrected chi connectivity index (χ3v) is 4.07. The molecule has 2 rings (SSSR count). The first kappa shape index (κ1) is 16.6. The van der Waals surface area contributed by atoms with Crippen molar-refractivity contribution in [2.75, 3.05) is 30.8 Å². The molecular weight excluding hydrogens is 298 g/mol. The van der Waals surface area contributed by atoms with Crippen molar-refractivity contribution in [3.63, 3.8) is 0 Å². The second-order valence-corrected chi connectivity index (χ2v) is 7.11. The Kier molecular flexibility index (Phi) is 6.03. The predicted octanol–water partition coefficient (Wildman–Crippen LogP) is 1.82. The molecule has 0 radical (unpaired) electrons. The third kappa shape index (κ3) is 5.91. The quantitative estimate of drug-likeness (QED) is 0.804. The maximum Gasteiger partial charge on any atom is 0.208 e. The number of nitrogens with zero attached hydrogens (tertiary/aromatic N) is 1. The molecule has 0 aromatic heterocycles. The topological polar surface area (TPSA) is 61.4 Å². The Morgan fingerprint density at radius 3 is 2.73 bits per heavy atom. The zero-order valence-corrected chi connectivity index (χ0v) is 13.6. The molecule has 1 heterocycles. The maximum atomic E-state index is 11.2. The second kappa shape index (κ2) is 8.00. The van der Waals surface area contributed by atoms with Gasteiger partial charge in [-0.2, -0.15) is 0 Å². The number of allylic oxidation sites excluding steroid dienone is 2. The fourth-order valence-electron chi connectivity index (χ4n) is 2.28. The molecule has 0 bridgehead atoms. The van der Waals surface area contributed by atoms with Crippen molar-refractivity contribution in [1.82, 2.24) is 10.0 Å². The minimum atomic E-state index is -3.16. The number of rotatable bonds is 7. The Labute approximate surface area is 132 Å². The average molecular weight is 321 g/mol. The number of nitrogens with one attached hydrogen (secondary N) is 2. The summed E-state index contributed by atoms with van der Waals surface area (Å²) in [4.78, 5) is 2.16. The van der Waals surface area contributed by atoms with Crippen molar-refractivity contribution < 1.29 is 8.42 Å². The van der Waals surface area contributed by atoms with E-state index in [0.29, 0.717) is 13.1 Å². The van der Waals surface area contributed by atoms with Crippen molar-refractivity contribution in [3.05, 3.63) is 54.4 Å². The Hall–Kier alpha value is -1.79. The van der Waals surface area contributed by atoms with E-state index in [4.69, 9.17) is 0 Å². The highest BCUT2D eigenvalue weighted by atomic mass is 32.2. The van der Waals surface area contributed by atoms with Crippen LogP contribution in [0.15, 0.2) is 54.4 Å². The molecule has 6 heteroatoms. The lowest BCUT2D eigenvalue weighted by atomic mass is 10.2. The molecule has 2 N–H and O–H groups in total. The van der Waals surface area contributed by atoms with Gasteiger partial charge in [-0.05, 0) is 31.2 Å². The molecule has 1 aromatic carbocycles. The van der Waals surface area contributed by atoms with Gasteiger partial charge in [0, 0.05) is 24.5 Å². The van der Waals surface area contributed by atoms with Gasteiger partial charge in [0.25, 0.3) is 0 Å². The molecule has 120 valence electrons. The SMILES string of the molecule is CS(=O)(=O)NCCN(CC1=CCCC=CN1)c1ccccc1. The number of hydrogen-bond acceptors (Lipinski definition) is 4.